The average Bonchev–Trinajstić information content (AvgIpc) is 2.06. The fraction of sp³-hybridized carbons (Fsp3) is 1.00. The molecule has 0 radical (unpaired) electrons. The minimum Gasteiger partial charge on any atom is -0.411 e. The number of hydrogen-bond acceptors (Lipinski definition) is 3. The number of rotatable bonds is 5. The maximum Gasteiger partial charge on any atom is 0.192 e. The molecular formula is C12H28N2OSi. The van der Waals surface area contributed by atoms with Crippen molar-refractivity contribution >= 4 is 8.32 Å². The first-order valence-corrected chi connectivity index (χ1v) is 9.27. The highest BCUT2D eigenvalue weighted by atomic mass is 28.4. The van der Waals surface area contributed by atoms with Gasteiger partial charge in [-0.05, 0) is 37.6 Å². The summed E-state index contributed by atoms with van der Waals surface area (Å²) in [6, 6.07) is 0. The molecular weight excluding hydrogens is 216 g/mol. The Kier molecular flexibility index (Phi) is 4.57. The first-order valence-electron chi connectivity index (χ1n) is 6.36. The molecule has 1 rings (SSSR count). The van der Waals surface area contributed by atoms with Crippen molar-refractivity contribution in [3.05, 3.63) is 0 Å². The van der Waals surface area contributed by atoms with Gasteiger partial charge >= 0.3 is 0 Å². The van der Waals surface area contributed by atoms with Crippen LogP contribution in [-0.4, -0.2) is 45.5 Å². The fourth-order valence-electron chi connectivity index (χ4n) is 1.69. The molecule has 0 saturated carbocycles. The van der Waals surface area contributed by atoms with Crippen molar-refractivity contribution in [3.8, 4) is 0 Å². The molecule has 4 heteroatoms. The zero-order chi connectivity index (χ0) is 12.4. The molecule has 0 spiro atoms. The minimum atomic E-state index is -1.55. The summed E-state index contributed by atoms with van der Waals surface area (Å²) in [5, 5.41) is 0.324. The van der Waals surface area contributed by atoms with E-state index in [1.54, 1.807) is 0 Å². The molecule has 96 valence electrons. The van der Waals surface area contributed by atoms with Crippen molar-refractivity contribution in [3.63, 3.8) is 0 Å². The topological polar surface area (TPSA) is 38.5 Å². The lowest BCUT2D eigenvalue weighted by atomic mass is 10.1. The SMILES string of the molecule is CC(C)(C)[Si](C)(C)OC1CN(CCCN)C1. The van der Waals surface area contributed by atoms with Crippen molar-refractivity contribution in [2.24, 2.45) is 5.73 Å². The first-order chi connectivity index (χ1) is 7.26. The molecule has 0 aromatic rings. The van der Waals surface area contributed by atoms with Gasteiger partial charge in [-0.1, -0.05) is 20.8 Å². The molecule has 1 heterocycles. The third-order valence-corrected chi connectivity index (χ3v) is 8.40. The van der Waals surface area contributed by atoms with Crippen LogP contribution in [0.25, 0.3) is 0 Å². The first kappa shape index (κ1) is 14.2. The van der Waals surface area contributed by atoms with E-state index in [4.69, 9.17) is 10.2 Å². The lowest BCUT2D eigenvalue weighted by molar-refractivity contribution is 0.0107. The lowest BCUT2D eigenvalue weighted by Gasteiger charge is -2.46. The Bertz CT molecular complexity index is 220. The van der Waals surface area contributed by atoms with Gasteiger partial charge in [0.1, 0.15) is 0 Å². The van der Waals surface area contributed by atoms with Crippen LogP contribution in [-0.2, 0) is 4.43 Å². The van der Waals surface area contributed by atoms with Crippen LogP contribution in [0.15, 0.2) is 0 Å². The van der Waals surface area contributed by atoms with Gasteiger partial charge in [0.25, 0.3) is 0 Å². The van der Waals surface area contributed by atoms with E-state index in [0.717, 1.165) is 32.6 Å². The second-order valence-corrected chi connectivity index (χ2v) is 11.2. The van der Waals surface area contributed by atoms with E-state index in [1.807, 2.05) is 0 Å². The molecule has 2 N–H and O–H groups in total. The van der Waals surface area contributed by atoms with Crippen LogP contribution in [0.1, 0.15) is 27.2 Å². The smallest absolute Gasteiger partial charge is 0.192 e. The van der Waals surface area contributed by atoms with Gasteiger partial charge in [0.05, 0.1) is 6.10 Å². The van der Waals surface area contributed by atoms with Crippen LogP contribution in [0, 0.1) is 0 Å². The van der Waals surface area contributed by atoms with Gasteiger partial charge in [-0.3, -0.25) is 4.90 Å². The van der Waals surface area contributed by atoms with Gasteiger partial charge in [0.15, 0.2) is 8.32 Å². The quantitative estimate of drug-likeness (QED) is 0.752. The lowest BCUT2D eigenvalue weighted by Crippen LogP contribution is -2.57. The Balaban J connectivity index is 2.27. The van der Waals surface area contributed by atoms with Gasteiger partial charge in [0, 0.05) is 13.1 Å². The van der Waals surface area contributed by atoms with Crippen LogP contribution < -0.4 is 5.73 Å². The average molecular weight is 244 g/mol. The number of likely N-dealkylation sites (tertiary alicyclic amines) is 1. The molecule has 1 saturated heterocycles. The summed E-state index contributed by atoms with van der Waals surface area (Å²) in [5.41, 5.74) is 5.50. The van der Waals surface area contributed by atoms with Gasteiger partial charge in [-0.15, -0.1) is 0 Å². The molecule has 16 heavy (non-hydrogen) atoms. The fourth-order valence-corrected chi connectivity index (χ4v) is 3.02. The van der Waals surface area contributed by atoms with E-state index in [-0.39, 0.29) is 0 Å². The molecule has 0 atom stereocenters. The summed E-state index contributed by atoms with van der Waals surface area (Å²) in [7, 11) is -1.55. The highest BCUT2D eigenvalue weighted by Gasteiger charge is 2.41. The van der Waals surface area contributed by atoms with E-state index >= 15 is 0 Å². The second kappa shape index (κ2) is 5.17. The van der Waals surface area contributed by atoms with Crippen molar-refractivity contribution in [2.45, 2.75) is 51.4 Å². The molecule has 1 fully saturated rings. The third kappa shape index (κ3) is 3.55. The van der Waals surface area contributed by atoms with Crippen molar-refractivity contribution in [1.29, 1.82) is 0 Å². The van der Waals surface area contributed by atoms with Crippen molar-refractivity contribution in [1.82, 2.24) is 4.90 Å². The van der Waals surface area contributed by atoms with E-state index in [9.17, 15) is 0 Å². The predicted octanol–water partition coefficient (Wildman–Crippen LogP) is 2.04. The van der Waals surface area contributed by atoms with Gasteiger partial charge in [-0.25, -0.2) is 0 Å². The van der Waals surface area contributed by atoms with E-state index < -0.39 is 8.32 Å². The molecule has 1 aliphatic rings. The Morgan fingerprint density at radius 3 is 2.31 bits per heavy atom. The number of nitrogens with zero attached hydrogens (tertiary/aromatic N) is 1. The standard InChI is InChI=1S/C12H28N2OSi/c1-12(2,3)16(4,5)15-11-9-14(10-11)8-6-7-13/h11H,6-10,13H2,1-5H3. The largest absolute Gasteiger partial charge is 0.411 e. The normalized spacial score (nSPS) is 19.9. The predicted molar refractivity (Wildman–Crippen MR) is 72.2 cm³/mol. The summed E-state index contributed by atoms with van der Waals surface area (Å²) < 4.78 is 6.31. The molecule has 1 aliphatic heterocycles. The van der Waals surface area contributed by atoms with Crippen molar-refractivity contribution in [2.75, 3.05) is 26.2 Å². The number of nitrogens with two attached hydrogens (primary N) is 1. The van der Waals surface area contributed by atoms with Crippen molar-refractivity contribution < 1.29 is 4.43 Å². The molecule has 0 amide bonds. The Hall–Kier alpha value is 0.0969. The van der Waals surface area contributed by atoms with Crippen LogP contribution in [0.5, 0.6) is 0 Å². The van der Waals surface area contributed by atoms with Crippen LogP contribution >= 0.6 is 0 Å². The summed E-state index contributed by atoms with van der Waals surface area (Å²) in [6.45, 7) is 15.7. The minimum absolute atomic E-state index is 0.324. The summed E-state index contributed by atoms with van der Waals surface area (Å²) in [6.07, 6.45) is 1.57. The molecule has 3 nitrogen and oxygen atoms in total. The molecule has 0 aliphatic carbocycles. The van der Waals surface area contributed by atoms with Gasteiger partial charge in [-0.2, -0.15) is 0 Å². The van der Waals surface area contributed by atoms with E-state index in [0.29, 0.717) is 11.1 Å². The Labute approximate surface area is 101 Å². The van der Waals surface area contributed by atoms with Gasteiger partial charge in [0.2, 0.25) is 0 Å². The number of hydrogen-bond donors (Lipinski definition) is 1. The maximum absolute atomic E-state index is 6.31. The van der Waals surface area contributed by atoms with Gasteiger partial charge < -0.3 is 10.2 Å². The van der Waals surface area contributed by atoms with Crippen LogP contribution in [0.2, 0.25) is 18.1 Å². The third-order valence-electron chi connectivity index (χ3n) is 3.87. The summed E-state index contributed by atoms with van der Waals surface area (Å²) in [4.78, 5) is 2.44. The summed E-state index contributed by atoms with van der Waals surface area (Å²) >= 11 is 0. The zero-order valence-electron chi connectivity index (χ0n) is 11.5. The molecule has 0 aromatic carbocycles. The van der Waals surface area contributed by atoms with Crippen LogP contribution in [0.4, 0.5) is 0 Å². The van der Waals surface area contributed by atoms with Crippen LogP contribution in [0.3, 0.4) is 0 Å². The zero-order valence-corrected chi connectivity index (χ0v) is 12.5. The van der Waals surface area contributed by atoms with E-state index in [2.05, 4.69) is 38.8 Å². The van der Waals surface area contributed by atoms with E-state index in [1.165, 1.54) is 0 Å². The monoisotopic (exact) mass is 244 g/mol. The maximum atomic E-state index is 6.31. The summed E-state index contributed by atoms with van der Waals surface area (Å²) in [5.74, 6) is 0. The Morgan fingerprint density at radius 1 is 1.31 bits per heavy atom. The molecule has 0 aromatic heterocycles. The highest BCUT2D eigenvalue weighted by Crippen LogP contribution is 2.38. The molecule has 0 unspecified atom stereocenters. The molecule has 0 bridgehead atoms. The second-order valence-electron chi connectivity index (χ2n) is 6.40. The Morgan fingerprint density at radius 2 is 1.88 bits per heavy atom. The highest BCUT2D eigenvalue weighted by molar-refractivity contribution is 6.74.